The average Bonchev–Trinajstić information content (AvgIpc) is 2.88. The van der Waals surface area contributed by atoms with E-state index in [0.717, 1.165) is 18.2 Å². The van der Waals surface area contributed by atoms with Crippen LogP contribution in [0.5, 0.6) is 0 Å². The molecule has 0 aliphatic rings. The van der Waals surface area contributed by atoms with Crippen molar-refractivity contribution < 1.29 is 22.8 Å². The lowest BCUT2D eigenvalue weighted by atomic mass is 10.0. The molecular formula is C27H23Cl2F3N6O2S. The van der Waals surface area contributed by atoms with E-state index in [0.29, 0.717) is 21.8 Å². The number of carbonyl (C=O) groups is 2. The van der Waals surface area contributed by atoms with Crippen LogP contribution in [0.2, 0.25) is 10.0 Å². The minimum Gasteiger partial charge on any atom is -0.333 e. The van der Waals surface area contributed by atoms with E-state index in [1.165, 1.54) is 30.0 Å². The molecule has 4 aromatic rings. The highest BCUT2D eigenvalue weighted by Crippen LogP contribution is 2.43. The van der Waals surface area contributed by atoms with E-state index in [-0.39, 0.29) is 32.7 Å². The van der Waals surface area contributed by atoms with Crippen LogP contribution in [0.1, 0.15) is 36.7 Å². The first kappa shape index (κ1) is 30.4. The Balaban J connectivity index is 1.80. The van der Waals surface area contributed by atoms with Gasteiger partial charge in [0, 0.05) is 33.8 Å². The number of pyridine rings is 1. The molecule has 14 heteroatoms. The van der Waals surface area contributed by atoms with Crippen LogP contribution in [0.3, 0.4) is 0 Å². The Morgan fingerprint density at radius 1 is 0.976 bits per heavy atom. The van der Waals surface area contributed by atoms with Crippen LogP contribution < -0.4 is 16.0 Å². The van der Waals surface area contributed by atoms with E-state index in [4.69, 9.17) is 23.2 Å². The number of alkyl halides is 3. The number of carbonyl (C=O) groups excluding carboxylic acids is 2. The number of rotatable bonds is 5. The van der Waals surface area contributed by atoms with Gasteiger partial charge in [-0.1, -0.05) is 41.0 Å². The number of urea groups is 1. The highest BCUT2D eigenvalue weighted by atomic mass is 35.5. The van der Waals surface area contributed by atoms with Gasteiger partial charge in [-0.05, 0) is 63.4 Å². The summed E-state index contributed by atoms with van der Waals surface area (Å²) in [7, 11) is 0. The predicted molar refractivity (Wildman–Crippen MR) is 156 cm³/mol. The van der Waals surface area contributed by atoms with Gasteiger partial charge < -0.3 is 10.6 Å². The molecule has 0 bridgehead atoms. The van der Waals surface area contributed by atoms with Gasteiger partial charge in [0.05, 0.1) is 21.3 Å². The van der Waals surface area contributed by atoms with Gasteiger partial charge in [-0.3, -0.25) is 10.1 Å². The van der Waals surface area contributed by atoms with Gasteiger partial charge >= 0.3 is 12.2 Å². The lowest BCUT2D eigenvalue weighted by molar-refractivity contribution is -0.137. The Morgan fingerprint density at radius 3 is 2.37 bits per heavy atom. The summed E-state index contributed by atoms with van der Waals surface area (Å²) >= 11 is 14.6. The average molecular weight is 623 g/mol. The maximum absolute atomic E-state index is 13.2. The quantitative estimate of drug-likeness (QED) is 0.154. The minimum atomic E-state index is -4.62. The zero-order valence-electron chi connectivity index (χ0n) is 22.1. The monoisotopic (exact) mass is 622 g/mol. The number of hydrogen-bond donors (Lipinski definition) is 3. The van der Waals surface area contributed by atoms with Crippen LogP contribution >= 0.6 is 35.0 Å². The number of anilines is 2. The van der Waals surface area contributed by atoms with Crippen LogP contribution in [-0.4, -0.2) is 38.7 Å². The molecular weight excluding hydrogens is 600 g/mol. The van der Waals surface area contributed by atoms with Gasteiger partial charge in [0.15, 0.2) is 10.8 Å². The minimum absolute atomic E-state index is 0.0279. The molecule has 8 nitrogen and oxygen atoms in total. The van der Waals surface area contributed by atoms with Gasteiger partial charge in [0.25, 0.3) is 5.91 Å². The first-order valence-corrected chi connectivity index (χ1v) is 13.9. The summed E-state index contributed by atoms with van der Waals surface area (Å²) < 4.78 is 39.5. The highest BCUT2D eigenvalue weighted by molar-refractivity contribution is 7.98. The molecule has 0 radical (unpaired) electrons. The summed E-state index contributed by atoms with van der Waals surface area (Å²) in [5.74, 6) is -0.737. The molecule has 0 fully saturated rings. The second-order valence-electron chi connectivity index (χ2n) is 9.80. The predicted octanol–water partition coefficient (Wildman–Crippen LogP) is 7.91. The molecule has 3 N–H and O–H groups in total. The van der Waals surface area contributed by atoms with Crippen molar-refractivity contribution in [1.29, 1.82) is 0 Å². The van der Waals surface area contributed by atoms with E-state index in [1.807, 2.05) is 27.0 Å². The van der Waals surface area contributed by atoms with Gasteiger partial charge in [-0.2, -0.15) is 13.2 Å². The van der Waals surface area contributed by atoms with E-state index in [2.05, 4.69) is 30.9 Å². The molecule has 0 saturated heterocycles. The number of nitrogens with zero attached hydrogens (tertiary/aromatic N) is 3. The lowest BCUT2D eigenvalue weighted by Gasteiger charge is -2.22. The Labute approximate surface area is 247 Å². The van der Waals surface area contributed by atoms with Crippen LogP contribution in [0.4, 0.5) is 29.5 Å². The summed E-state index contributed by atoms with van der Waals surface area (Å²) in [6, 6.07) is 7.97. The third kappa shape index (κ3) is 7.19. The number of benzene rings is 2. The number of fused-ring (bicyclic) bond motifs is 1. The zero-order chi connectivity index (χ0) is 30.1. The Kier molecular flexibility index (Phi) is 8.67. The van der Waals surface area contributed by atoms with Crippen LogP contribution in [0, 0.1) is 0 Å². The van der Waals surface area contributed by atoms with Crippen LogP contribution in [0.15, 0.2) is 53.8 Å². The Hall–Kier alpha value is -3.61. The molecule has 2 heterocycles. The number of nitrogens with one attached hydrogen (secondary N) is 3. The van der Waals surface area contributed by atoms with Crippen molar-refractivity contribution in [1.82, 2.24) is 20.3 Å². The molecule has 0 unspecified atom stereocenters. The Bertz CT molecular complexity index is 1660. The van der Waals surface area contributed by atoms with Crippen LogP contribution in [-0.2, 0) is 6.18 Å². The van der Waals surface area contributed by atoms with Gasteiger partial charge in [0.2, 0.25) is 0 Å². The van der Waals surface area contributed by atoms with Crippen molar-refractivity contribution in [3.8, 4) is 11.1 Å². The molecule has 0 aliphatic carbocycles. The fraction of sp³-hybridized carbons (Fsp3) is 0.222. The number of halogens is 5. The van der Waals surface area contributed by atoms with Crippen molar-refractivity contribution in [3.05, 3.63) is 69.8 Å². The summed E-state index contributed by atoms with van der Waals surface area (Å²) in [6.45, 7) is 5.43. The standard InChI is InChI=1S/C27H23Cl2F3N6O2S/c1-26(2,3)38-24(40)36-22-16(11-14-12-33-25(41-4)37-21(14)35-22)19-17(28)8-9-18(20(19)29)34-23(39)13-6-5-7-15(10-13)27(30,31)32/h5-12H,1-4H3,(H,34,39)(H2,33,35,36,37,38,40). The largest absolute Gasteiger partial charge is 0.416 e. The number of hydrogen-bond acceptors (Lipinski definition) is 6. The first-order valence-electron chi connectivity index (χ1n) is 11.9. The van der Waals surface area contributed by atoms with Crippen LogP contribution in [0.25, 0.3) is 22.2 Å². The van der Waals surface area contributed by atoms with Gasteiger partial charge in [0.1, 0.15) is 5.82 Å². The third-order valence-corrected chi connectivity index (χ3v) is 6.78. The zero-order valence-corrected chi connectivity index (χ0v) is 24.4. The van der Waals surface area contributed by atoms with Crippen molar-refractivity contribution in [2.75, 3.05) is 16.9 Å². The third-order valence-electron chi connectivity index (χ3n) is 5.51. The Morgan fingerprint density at radius 2 is 1.71 bits per heavy atom. The van der Waals surface area contributed by atoms with Crippen molar-refractivity contribution >= 4 is 69.4 Å². The SMILES string of the molecule is CSc1ncc2cc(-c3c(Cl)ccc(NC(=O)c4cccc(C(F)(F)F)c4)c3Cl)c(NC(=O)NC(C)(C)C)nc2n1. The molecule has 0 atom stereocenters. The topological polar surface area (TPSA) is 109 Å². The first-order chi connectivity index (χ1) is 19.2. The summed E-state index contributed by atoms with van der Waals surface area (Å²) in [5, 5.41) is 9.17. The normalized spacial score (nSPS) is 11.8. The second kappa shape index (κ2) is 11.7. The molecule has 214 valence electrons. The number of aromatic nitrogens is 3. The molecule has 0 aliphatic heterocycles. The van der Waals surface area contributed by atoms with E-state index >= 15 is 0 Å². The number of thioether (sulfide) groups is 1. The molecule has 4 rings (SSSR count). The van der Waals surface area contributed by atoms with Gasteiger partial charge in [-0.15, -0.1) is 0 Å². The molecule has 41 heavy (non-hydrogen) atoms. The fourth-order valence-corrected chi connectivity index (χ4v) is 4.70. The summed E-state index contributed by atoms with van der Waals surface area (Å²) in [4.78, 5) is 38.9. The molecule has 3 amide bonds. The van der Waals surface area contributed by atoms with E-state index in [1.54, 1.807) is 12.3 Å². The smallest absolute Gasteiger partial charge is 0.333 e. The number of amides is 3. The van der Waals surface area contributed by atoms with E-state index in [9.17, 15) is 22.8 Å². The summed E-state index contributed by atoms with van der Waals surface area (Å²) in [6.07, 6.45) is -1.25. The molecule has 0 spiro atoms. The molecule has 2 aromatic heterocycles. The maximum Gasteiger partial charge on any atom is 0.416 e. The summed E-state index contributed by atoms with van der Waals surface area (Å²) in [5.41, 5.74) is -0.850. The molecule has 2 aromatic carbocycles. The van der Waals surface area contributed by atoms with Crippen molar-refractivity contribution in [3.63, 3.8) is 0 Å². The fourth-order valence-electron chi connectivity index (χ4n) is 3.74. The maximum atomic E-state index is 13.2. The second-order valence-corrected chi connectivity index (χ2v) is 11.4. The molecule has 0 saturated carbocycles. The van der Waals surface area contributed by atoms with Gasteiger partial charge in [-0.25, -0.2) is 19.7 Å². The van der Waals surface area contributed by atoms with Crippen molar-refractivity contribution in [2.24, 2.45) is 0 Å². The van der Waals surface area contributed by atoms with Crippen molar-refractivity contribution in [2.45, 2.75) is 37.6 Å². The highest BCUT2D eigenvalue weighted by Gasteiger charge is 2.31. The van der Waals surface area contributed by atoms with E-state index < -0.39 is 29.2 Å². The lowest BCUT2D eigenvalue weighted by Crippen LogP contribution is -2.43.